The fraction of sp³-hybridized carbons (Fsp3) is 0.545. The van der Waals surface area contributed by atoms with E-state index in [0.717, 1.165) is 0 Å². The maximum Gasteiger partial charge on any atom is 0.487 e. The van der Waals surface area contributed by atoms with Gasteiger partial charge in [-0.05, 0) is 27.7 Å². The molecule has 0 spiro atoms. The number of nitriles is 1. The van der Waals surface area contributed by atoms with E-state index in [1.165, 1.54) is 6.08 Å². The van der Waals surface area contributed by atoms with Gasteiger partial charge in [0.15, 0.2) is 0 Å². The van der Waals surface area contributed by atoms with Gasteiger partial charge in [-0.15, -0.1) is 0 Å². The third kappa shape index (κ3) is 2.71. The zero-order valence-corrected chi connectivity index (χ0v) is 9.65. The van der Waals surface area contributed by atoms with Crippen LogP contribution in [0.2, 0.25) is 0 Å². The first-order valence-corrected chi connectivity index (χ1v) is 4.98. The number of allylic oxidation sites excluding steroid dienone is 3. The van der Waals surface area contributed by atoms with E-state index >= 15 is 0 Å². The highest BCUT2D eigenvalue weighted by atomic mass is 16.7. The Kier molecular flexibility index (Phi) is 3.38. The average molecular weight is 205 g/mol. The molecule has 1 saturated heterocycles. The van der Waals surface area contributed by atoms with Crippen LogP contribution in [-0.4, -0.2) is 18.3 Å². The summed E-state index contributed by atoms with van der Waals surface area (Å²) in [4.78, 5) is 0. The summed E-state index contributed by atoms with van der Waals surface area (Å²) in [7, 11) is -0.335. The molecule has 0 bridgehead atoms. The van der Waals surface area contributed by atoms with E-state index < -0.39 is 0 Å². The monoisotopic (exact) mass is 205 g/mol. The van der Waals surface area contributed by atoms with Crippen molar-refractivity contribution in [2.75, 3.05) is 0 Å². The lowest BCUT2D eigenvalue weighted by atomic mass is 9.90. The Morgan fingerprint density at radius 2 is 1.60 bits per heavy atom. The minimum atomic E-state index is -0.335. The lowest BCUT2D eigenvalue weighted by Gasteiger charge is -2.32. The Balaban J connectivity index is 2.61. The minimum absolute atomic E-state index is 0.305. The molecule has 1 fully saturated rings. The third-order valence-electron chi connectivity index (χ3n) is 2.82. The van der Waals surface area contributed by atoms with E-state index in [-0.39, 0.29) is 18.3 Å². The van der Waals surface area contributed by atoms with Gasteiger partial charge >= 0.3 is 7.12 Å². The first-order chi connectivity index (χ1) is 6.89. The van der Waals surface area contributed by atoms with Crippen molar-refractivity contribution < 1.29 is 9.31 Å². The molecule has 1 heterocycles. The van der Waals surface area contributed by atoms with Gasteiger partial charge < -0.3 is 9.31 Å². The van der Waals surface area contributed by atoms with Crippen molar-refractivity contribution in [3.05, 3.63) is 24.2 Å². The zero-order valence-electron chi connectivity index (χ0n) is 9.65. The van der Waals surface area contributed by atoms with Gasteiger partial charge in [-0.3, -0.25) is 0 Å². The molecule has 1 aliphatic heterocycles. The van der Waals surface area contributed by atoms with E-state index in [1.807, 2.05) is 33.8 Å². The zero-order chi connectivity index (χ0) is 11.5. The molecule has 0 aromatic rings. The predicted molar refractivity (Wildman–Crippen MR) is 60.0 cm³/mol. The van der Waals surface area contributed by atoms with Gasteiger partial charge in [0.1, 0.15) is 0 Å². The van der Waals surface area contributed by atoms with Crippen molar-refractivity contribution in [1.82, 2.24) is 0 Å². The highest BCUT2D eigenvalue weighted by molar-refractivity contribution is 6.51. The van der Waals surface area contributed by atoms with Crippen LogP contribution >= 0.6 is 0 Å². The van der Waals surface area contributed by atoms with Crippen LogP contribution in [0.1, 0.15) is 27.7 Å². The number of rotatable bonds is 2. The standard InChI is InChI=1S/C11H16BNO2/c1-10(2)11(3,4)15-12(14-10)8-6-5-7-9-13/h5-8H,1-4H3/b7-5+,8-6-. The molecule has 1 aliphatic rings. The van der Waals surface area contributed by atoms with Crippen LogP contribution in [0.15, 0.2) is 24.2 Å². The molecular weight excluding hydrogens is 189 g/mol. The fourth-order valence-electron chi connectivity index (χ4n) is 1.22. The second kappa shape index (κ2) is 4.22. The molecule has 0 aromatic heterocycles. The Morgan fingerprint density at radius 1 is 1.07 bits per heavy atom. The van der Waals surface area contributed by atoms with E-state index in [1.54, 1.807) is 18.1 Å². The molecule has 0 saturated carbocycles. The molecule has 0 aliphatic carbocycles. The van der Waals surface area contributed by atoms with Crippen molar-refractivity contribution in [2.24, 2.45) is 0 Å². The van der Waals surface area contributed by atoms with E-state index in [4.69, 9.17) is 14.6 Å². The number of hydrogen-bond acceptors (Lipinski definition) is 3. The molecular formula is C11H16BNO2. The summed E-state index contributed by atoms with van der Waals surface area (Å²) >= 11 is 0. The fourth-order valence-corrected chi connectivity index (χ4v) is 1.22. The molecule has 0 aromatic carbocycles. The van der Waals surface area contributed by atoms with Crippen LogP contribution in [0.25, 0.3) is 0 Å². The van der Waals surface area contributed by atoms with Gasteiger partial charge in [0.05, 0.1) is 17.3 Å². The van der Waals surface area contributed by atoms with Crippen LogP contribution in [0.5, 0.6) is 0 Å². The van der Waals surface area contributed by atoms with Crippen LogP contribution in [0.3, 0.4) is 0 Å². The maximum absolute atomic E-state index is 8.29. The molecule has 0 atom stereocenters. The quantitative estimate of drug-likeness (QED) is 0.394. The average Bonchev–Trinajstić information content (AvgIpc) is 2.30. The number of nitrogens with zero attached hydrogens (tertiary/aromatic N) is 1. The summed E-state index contributed by atoms with van der Waals surface area (Å²) in [5, 5.41) is 8.29. The van der Waals surface area contributed by atoms with Crippen LogP contribution in [-0.2, 0) is 9.31 Å². The van der Waals surface area contributed by atoms with Crippen molar-refractivity contribution in [3.8, 4) is 6.07 Å². The van der Waals surface area contributed by atoms with E-state index in [0.29, 0.717) is 0 Å². The van der Waals surface area contributed by atoms with Gasteiger partial charge in [0, 0.05) is 6.08 Å². The van der Waals surface area contributed by atoms with Gasteiger partial charge in [-0.2, -0.15) is 5.26 Å². The van der Waals surface area contributed by atoms with Crippen molar-refractivity contribution in [3.63, 3.8) is 0 Å². The first-order valence-electron chi connectivity index (χ1n) is 4.98. The Labute approximate surface area is 91.5 Å². The molecule has 0 radical (unpaired) electrons. The van der Waals surface area contributed by atoms with Crippen molar-refractivity contribution >= 4 is 7.12 Å². The first kappa shape index (κ1) is 12.0. The summed E-state index contributed by atoms with van der Waals surface area (Å²) in [6.45, 7) is 8.02. The van der Waals surface area contributed by atoms with Gasteiger partial charge in [-0.1, -0.05) is 18.1 Å². The molecule has 0 N–H and O–H groups in total. The third-order valence-corrected chi connectivity index (χ3v) is 2.82. The second-order valence-corrected chi connectivity index (χ2v) is 4.50. The van der Waals surface area contributed by atoms with Crippen molar-refractivity contribution in [1.29, 1.82) is 5.26 Å². The van der Waals surface area contributed by atoms with E-state index in [2.05, 4.69) is 0 Å². The Bertz CT molecular complexity index is 310. The van der Waals surface area contributed by atoms with Crippen LogP contribution in [0, 0.1) is 11.3 Å². The summed E-state index contributed by atoms with van der Waals surface area (Å²) in [6, 6.07) is 1.91. The SMILES string of the molecule is CC1(C)OB(/C=C\C=C\C#N)OC1(C)C. The predicted octanol–water partition coefficient (Wildman–Crippen LogP) is 2.25. The molecule has 0 unspecified atom stereocenters. The molecule has 80 valence electrons. The largest absolute Gasteiger partial charge is 0.487 e. The smallest absolute Gasteiger partial charge is 0.400 e. The Hall–Kier alpha value is -1.05. The second-order valence-electron chi connectivity index (χ2n) is 4.50. The molecule has 3 nitrogen and oxygen atoms in total. The normalized spacial score (nSPS) is 23.8. The highest BCUT2D eigenvalue weighted by Gasteiger charge is 2.49. The van der Waals surface area contributed by atoms with Crippen molar-refractivity contribution in [2.45, 2.75) is 38.9 Å². The Morgan fingerprint density at radius 3 is 2.07 bits per heavy atom. The lowest BCUT2D eigenvalue weighted by molar-refractivity contribution is 0.00578. The van der Waals surface area contributed by atoms with Gasteiger partial charge in [0.25, 0.3) is 0 Å². The maximum atomic E-state index is 8.29. The van der Waals surface area contributed by atoms with Crippen LogP contribution in [0.4, 0.5) is 0 Å². The van der Waals surface area contributed by atoms with Crippen LogP contribution < -0.4 is 0 Å². The van der Waals surface area contributed by atoms with Gasteiger partial charge in [0.2, 0.25) is 0 Å². The van der Waals surface area contributed by atoms with Gasteiger partial charge in [-0.25, -0.2) is 0 Å². The minimum Gasteiger partial charge on any atom is -0.400 e. The summed E-state index contributed by atoms with van der Waals surface area (Å²) in [6.07, 6.45) is 4.82. The highest BCUT2D eigenvalue weighted by Crippen LogP contribution is 2.36. The lowest BCUT2D eigenvalue weighted by Crippen LogP contribution is -2.41. The summed E-state index contributed by atoms with van der Waals surface area (Å²) < 4.78 is 11.4. The topological polar surface area (TPSA) is 42.2 Å². The van der Waals surface area contributed by atoms with E-state index in [9.17, 15) is 0 Å². The molecule has 1 rings (SSSR count). The molecule has 4 heteroatoms. The molecule has 15 heavy (non-hydrogen) atoms. The summed E-state index contributed by atoms with van der Waals surface area (Å²) in [5.41, 5.74) is -0.609. The molecule has 0 amide bonds. The number of hydrogen-bond donors (Lipinski definition) is 0. The summed E-state index contributed by atoms with van der Waals surface area (Å²) in [5.74, 6) is 1.80.